The predicted octanol–water partition coefficient (Wildman–Crippen LogP) is 5.44. The minimum Gasteiger partial charge on any atom is -0.493 e. The number of aromatic carboxylic acids is 1. The molecule has 3 aromatic rings. The van der Waals surface area contributed by atoms with Crippen molar-refractivity contribution in [2.75, 3.05) is 18.5 Å². The number of hydrogen-bond acceptors (Lipinski definition) is 4. The van der Waals surface area contributed by atoms with Crippen molar-refractivity contribution in [3.05, 3.63) is 77.6 Å². The summed E-state index contributed by atoms with van der Waals surface area (Å²) in [5.74, 6) is -0.259. The van der Waals surface area contributed by atoms with Crippen molar-refractivity contribution in [1.29, 1.82) is 0 Å². The highest BCUT2D eigenvalue weighted by Gasteiger charge is 2.30. The molecule has 1 aliphatic heterocycles. The molecular formula is C23H19F3N2O3. The van der Waals surface area contributed by atoms with Gasteiger partial charge in [0.25, 0.3) is 0 Å². The van der Waals surface area contributed by atoms with Gasteiger partial charge in [-0.15, -0.1) is 0 Å². The molecule has 1 aromatic heterocycles. The standard InChI is InChI=1S/C23H19F3N2O3/c24-23(25,26)17-4-1-14(2-5-17)15-3-6-18-16(8-10-31-21(18)11-15)12-28-20-13-27-9-7-19(20)22(29)30/h1-7,9,11,13,16,28H,8,10,12H2,(H,29,30)/t16-/m1/s1. The summed E-state index contributed by atoms with van der Waals surface area (Å²) in [5.41, 5.74) is 2.31. The van der Waals surface area contributed by atoms with Crippen molar-refractivity contribution in [2.45, 2.75) is 18.5 Å². The number of alkyl halides is 3. The summed E-state index contributed by atoms with van der Waals surface area (Å²) in [7, 11) is 0. The molecule has 1 atom stereocenters. The Labute approximate surface area is 176 Å². The van der Waals surface area contributed by atoms with Gasteiger partial charge < -0.3 is 15.2 Å². The number of anilines is 1. The van der Waals surface area contributed by atoms with E-state index in [2.05, 4.69) is 10.3 Å². The molecule has 0 amide bonds. The summed E-state index contributed by atoms with van der Waals surface area (Å²) < 4.78 is 44.2. The van der Waals surface area contributed by atoms with Crippen LogP contribution < -0.4 is 10.1 Å². The Morgan fingerprint density at radius 3 is 2.58 bits per heavy atom. The van der Waals surface area contributed by atoms with Gasteiger partial charge >= 0.3 is 12.1 Å². The van der Waals surface area contributed by atoms with Crippen molar-refractivity contribution >= 4 is 11.7 Å². The number of carboxylic acids is 1. The maximum atomic E-state index is 12.8. The van der Waals surface area contributed by atoms with Crippen LogP contribution in [0.4, 0.5) is 18.9 Å². The average Bonchev–Trinajstić information content (AvgIpc) is 2.77. The molecule has 31 heavy (non-hydrogen) atoms. The molecule has 0 spiro atoms. The van der Waals surface area contributed by atoms with E-state index in [1.54, 1.807) is 0 Å². The van der Waals surface area contributed by atoms with Gasteiger partial charge in [-0.3, -0.25) is 4.98 Å². The highest BCUT2D eigenvalue weighted by atomic mass is 19.4. The zero-order valence-electron chi connectivity index (χ0n) is 16.3. The summed E-state index contributed by atoms with van der Waals surface area (Å²) in [6, 6.07) is 12.1. The molecule has 8 heteroatoms. The third kappa shape index (κ3) is 4.47. The lowest BCUT2D eigenvalue weighted by Gasteiger charge is -2.27. The van der Waals surface area contributed by atoms with E-state index in [0.717, 1.165) is 29.7 Å². The number of benzene rings is 2. The SMILES string of the molecule is O=C(O)c1ccncc1NC[C@H]1CCOc2cc(-c3ccc(C(F)(F)F)cc3)ccc21. The molecule has 5 nitrogen and oxygen atoms in total. The Bertz CT molecular complexity index is 1100. The first-order chi connectivity index (χ1) is 14.8. The fraction of sp³-hybridized carbons (Fsp3) is 0.217. The topological polar surface area (TPSA) is 71.5 Å². The molecule has 0 saturated heterocycles. The summed E-state index contributed by atoms with van der Waals surface area (Å²) >= 11 is 0. The Kier molecular flexibility index (Phi) is 5.54. The molecule has 2 heterocycles. The maximum absolute atomic E-state index is 12.8. The van der Waals surface area contributed by atoms with Gasteiger partial charge in [0.15, 0.2) is 0 Å². The number of nitrogens with one attached hydrogen (secondary N) is 1. The van der Waals surface area contributed by atoms with Crippen molar-refractivity contribution in [3.8, 4) is 16.9 Å². The summed E-state index contributed by atoms with van der Waals surface area (Å²) in [6.45, 7) is 0.997. The van der Waals surface area contributed by atoms with Crippen LogP contribution >= 0.6 is 0 Å². The van der Waals surface area contributed by atoms with E-state index in [0.29, 0.717) is 30.2 Å². The lowest BCUT2D eigenvalue weighted by Crippen LogP contribution is -2.21. The third-order valence-corrected chi connectivity index (χ3v) is 5.31. The molecule has 160 valence electrons. The number of hydrogen-bond donors (Lipinski definition) is 2. The first kappa shape index (κ1) is 20.7. The number of carbonyl (C=O) groups is 1. The molecule has 4 rings (SSSR count). The average molecular weight is 428 g/mol. The van der Waals surface area contributed by atoms with Gasteiger partial charge in [-0.25, -0.2) is 4.79 Å². The van der Waals surface area contributed by atoms with E-state index in [1.165, 1.54) is 30.6 Å². The van der Waals surface area contributed by atoms with Gasteiger partial charge in [0.1, 0.15) is 5.75 Å². The van der Waals surface area contributed by atoms with Gasteiger partial charge in [-0.1, -0.05) is 24.3 Å². The van der Waals surface area contributed by atoms with Crippen molar-refractivity contribution in [2.24, 2.45) is 0 Å². The van der Waals surface area contributed by atoms with E-state index in [9.17, 15) is 23.1 Å². The molecule has 0 aliphatic carbocycles. The summed E-state index contributed by atoms with van der Waals surface area (Å²) in [6.07, 6.45) is -0.701. The zero-order valence-corrected chi connectivity index (χ0v) is 16.3. The Hall–Kier alpha value is -3.55. The fourth-order valence-electron chi connectivity index (χ4n) is 3.66. The van der Waals surface area contributed by atoms with E-state index in [-0.39, 0.29) is 11.5 Å². The highest BCUT2D eigenvalue weighted by Crippen LogP contribution is 2.38. The Morgan fingerprint density at radius 1 is 1.13 bits per heavy atom. The first-order valence-corrected chi connectivity index (χ1v) is 9.68. The number of nitrogens with zero attached hydrogens (tertiary/aromatic N) is 1. The van der Waals surface area contributed by atoms with Crippen LogP contribution in [0.2, 0.25) is 0 Å². The summed E-state index contributed by atoms with van der Waals surface area (Å²) in [4.78, 5) is 15.4. The zero-order chi connectivity index (χ0) is 22.0. The van der Waals surface area contributed by atoms with Gasteiger partial charge in [0.2, 0.25) is 0 Å². The smallest absolute Gasteiger partial charge is 0.416 e. The van der Waals surface area contributed by atoms with Crippen LogP contribution in [0.15, 0.2) is 60.9 Å². The second-order valence-electron chi connectivity index (χ2n) is 7.27. The molecule has 2 aromatic carbocycles. The number of halogens is 3. The number of ether oxygens (including phenoxy) is 1. The molecule has 0 saturated carbocycles. The number of pyridine rings is 1. The van der Waals surface area contributed by atoms with Crippen LogP contribution in [0.3, 0.4) is 0 Å². The fourth-order valence-corrected chi connectivity index (χ4v) is 3.66. The normalized spacial score (nSPS) is 15.6. The van der Waals surface area contributed by atoms with E-state index >= 15 is 0 Å². The lowest BCUT2D eigenvalue weighted by atomic mass is 9.90. The van der Waals surface area contributed by atoms with Crippen LogP contribution in [0.1, 0.15) is 33.8 Å². The van der Waals surface area contributed by atoms with Crippen LogP contribution in [-0.4, -0.2) is 29.2 Å². The monoisotopic (exact) mass is 428 g/mol. The van der Waals surface area contributed by atoms with Gasteiger partial charge in [0.05, 0.1) is 29.6 Å². The largest absolute Gasteiger partial charge is 0.493 e. The number of fused-ring (bicyclic) bond motifs is 1. The molecule has 2 N–H and O–H groups in total. The molecule has 0 unspecified atom stereocenters. The highest BCUT2D eigenvalue weighted by molar-refractivity contribution is 5.93. The van der Waals surface area contributed by atoms with Crippen molar-refractivity contribution in [1.82, 2.24) is 4.98 Å². The second-order valence-corrected chi connectivity index (χ2v) is 7.27. The third-order valence-electron chi connectivity index (χ3n) is 5.31. The maximum Gasteiger partial charge on any atom is 0.416 e. The molecular weight excluding hydrogens is 409 g/mol. The van der Waals surface area contributed by atoms with E-state index in [4.69, 9.17) is 4.74 Å². The molecule has 0 radical (unpaired) electrons. The van der Waals surface area contributed by atoms with Crippen LogP contribution in [-0.2, 0) is 6.18 Å². The minimum absolute atomic E-state index is 0.0901. The van der Waals surface area contributed by atoms with Crippen LogP contribution in [0, 0.1) is 0 Å². The quantitative estimate of drug-likeness (QED) is 0.566. The summed E-state index contributed by atoms with van der Waals surface area (Å²) in [5, 5.41) is 12.5. The minimum atomic E-state index is -4.37. The molecule has 0 fully saturated rings. The van der Waals surface area contributed by atoms with Crippen molar-refractivity contribution < 1.29 is 27.8 Å². The molecule has 0 bridgehead atoms. The first-order valence-electron chi connectivity index (χ1n) is 9.68. The van der Waals surface area contributed by atoms with Crippen molar-refractivity contribution in [3.63, 3.8) is 0 Å². The van der Waals surface area contributed by atoms with Gasteiger partial charge in [0, 0.05) is 18.7 Å². The van der Waals surface area contributed by atoms with Crippen LogP contribution in [0.5, 0.6) is 5.75 Å². The predicted molar refractivity (Wildman–Crippen MR) is 109 cm³/mol. The number of carboxylic acid groups (broad SMARTS) is 1. The number of rotatable bonds is 5. The van der Waals surface area contributed by atoms with Gasteiger partial charge in [-0.05, 0) is 47.4 Å². The molecule has 1 aliphatic rings. The number of aromatic nitrogens is 1. The Morgan fingerprint density at radius 2 is 1.87 bits per heavy atom. The van der Waals surface area contributed by atoms with E-state index in [1.807, 2.05) is 18.2 Å². The van der Waals surface area contributed by atoms with Crippen LogP contribution in [0.25, 0.3) is 11.1 Å². The van der Waals surface area contributed by atoms with Gasteiger partial charge in [-0.2, -0.15) is 13.2 Å². The lowest BCUT2D eigenvalue weighted by molar-refractivity contribution is -0.137. The second kappa shape index (κ2) is 8.29. The Balaban J connectivity index is 1.53. The van der Waals surface area contributed by atoms with E-state index < -0.39 is 17.7 Å².